The van der Waals surface area contributed by atoms with Gasteiger partial charge in [-0.15, -0.1) is 0 Å². The number of hydrogen-bond acceptors (Lipinski definition) is 3. The Balaban J connectivity index is 2.39. The van der Waals surface area contributed by atoms with Crippen molar-refractivity contribution in [2.75, 3.05) is 39.8 Å². The molecule has 0 amide bonds. The Bertz CT molecular complexity index is 196. The summed E-state index contributed by atoms with van der Waals surface area (Å²) in [5.41, 5.74) is 5.55. The summed E-state index contributed by atoms with van der Waals surface area (Å²) >= 11 is 0. The number of likely N-dealkylation sites (N-methyl/N-ethyl adjacent to an activating group) is 1. The molecular formula is C9H18F3N3. The second-order valence-electron chi connectivity index (χ2n) is 4.05. The number of hydrogen-bond donors (Lipinski definition) is 1. The van der Waals surface area contributed by atoms with Gasteiger partial charge >= 0.3 is 6.18 Å². The highest BCUT2D eigenvalue weighted by Crippen LogP contribution is 2.21. The van der Waals surface area contributed by atoms with Gasteiger partial charge in [-0.2, -0.15) is 13.2 Å². The fourth-order valence-electron chi connectivity index (χ4n) is 1.84. The molecule has 0 aromatic heterocycles. The maximum Gasteiger partial charge on any atom is 0.390 e. The Hall–Kier alpha value is -0.330. The topological polar surface area (TPSA) is 32.5 Å². The summed E-state index contributed by atoms with van der Waals surface area (Å²) < 4.78 is 36.1. The maximum atomic E-state index is 12.0. The van der Waals surface area contributed by atoms with Crippen molar-refractivity contribution in [3.8, 4) is 0 Å². The highest BCUT2D eigenvalue weighted by Gasteiger charge is 2.31. The average molecular weight is 225 g/mol. The van der Waals surface area contributed by atoms with Crippen molar-refractivity contribution in [2.45, 2.75) is 18.6 Å². The fourth-order valence-corrected chi connectivity index (χ4v) is 1.84. The van der Waals surface area contributed by atoms with E-state index in [0.29, 0.717) is 13.1 Å². The van der Waals surface area contributed by atoms with E-state index in [0.717, 1.165) is 13.1 Å². The lowest BCUT2D eigenvalue weighted by Crippen LogP contribution is -2.55. The standard InChI is InChI=1S/C9H18F3N3/c1-14-4-5-15(8(6-13)7-14)3-2-9(10,11)12/h8H,2-7,13H2,1H3. The number of nitrogens with two attached hydrogens (primary N) is 1. The van der Waals surface area contributed by atoms with Crippen LogP contribution < -0.4 is 5.73 Å². The Kier molecular flexibility index (Phi) is 4.36. The van der Waals surface area contributed by atoms with Crippen LogP contribution in [-0.2, 0) is 0 Å². The molecule has 0 aromatic rings. The van der Waals surface area contributed by atoms with E-state index in [2.05, 4.69) is 4.90 Å². The quantitative estimate of drug-likeness (QED) is 0.759. The van der Waals surface area contributed by atoms with E-state index in [1.165, 1.54) is 0 Å². The first-order valence-electron chi connectivity index (χ1n) is 5.12. The number of alkyl halides is 3. The van der Waals surface area contributed by atoms with E-state index in [4.69, 9.17) is 5.73 Å². The average Bonchev–Trinajstić information content (AvgIpc) is 2.14. The summed E-state index contributed by atoms with van der Waals surface area (Å²) in [6.45, 7) is 2.73. The van der Waals surface area contributed by atoms with E-state index in [9.17, 15) is 13.2 Å². The van der Waals surface area contributed by atoms with Crippen molar-refractivity contribution in [1.29, 1.82) is 0 Å². The van der Waals surface area contributed by atoms with Gasteiger partial charge in [-0.3, -0.25) is 4.90 Å². The van der Waals surface area contributed by atoms with Crippen LogP contribution in [0.4, 0.5) is 13.2 Å². The van der Waals surface area contributed by atoms with Crippen LogP contribution in [0.3, 0.4) is 0 Å². The van der Waals surface area contributed by atoms with Gasteiger partial charge < -0.3 is 10.6 Å². The Labute approximate surface area is 88.0 Å². The van der Waals surface area contributed by atoms with E-state index in [-0.39, 0.29) is 12.6 Å². The second-order valence-corrected chi connectivity index (χ2v) is 4.05. The molecule has 0 spiro atoms. The molecule has 1 unspecified atom stereocenters. The van der Waals surface area contributed by atoms with Crippen LogP contribution in [0.2, 0.25) is 0 Å². The zero-order valence-electron chi connectivity index (χ0n) is 8.93. The molecule has 0 bridgehead atoms. The molecule has 0 aromatic carbocycles. The molecule has 15 heavy (non-hydrogen) atoms. The molecule has 0 saturated carbocycles. The van der Waals surface area contributed by atoms with Crippen molar-refractivity contribution in [2.24, 2.45) is 5.73 Å². The van der Waals surface area contributed by atoms with Gasteiger partial charge in [-0.1, -0.05) is 0 Å². The minimum Gasteiger partial charge on any atom is -0.329 e. The van der Waals surface area contributed by atoms with Gasteiger partial charge in [0.1, 0.15) is 0 Å². The van der Waals surface area contributed by atoms with Crippen molar-refractivity contribution < 1.29 is 13.2 Å². The number of piperazine rings is 1. The second kappa shape index (κ2) is 5.14. The third kappa shape index (κ3) is 4.36. The maximum absolute atomic E-state index is 12.0. The molecule has 1 atom stereocenters. The molecule has 1 saturated heterocycles. The van der Waals surface area contributed by atoms with Gasteiger partial charge in [0.05, 0.1) is 6.42 Å². The normalized spacial score (nSPS) is 25.8. The Morgan fingerprint density at radius 1 is 1.33 bits per heavy atom. The molecule has 1 heterocycles. The lowest BCUT2D eigenvalue weighted by atomic mass is 10.1. The summed E-state index contributed by atoms with van der Waals surface area (Å²) in [6.07, 6.45) is -4.81. The van der Waals surface area contributed by atoms with E-state index in [1.54, 1.807) is 0 Å². The van der Waals surface area contributed by atoms with Crippen molar-refractivity contribution in [3.63, 3.8) is 0 Å². The van der Waals surface area contributed by atoms with Crippen LogP contribution in [-0.4, -0.2) is 61.8 Å². The van der Waals surface area contributed by atoms with Crippen LogP contribution in [0.5, 0.6) is 0 Å². The summed E-state index contributed by atoms with van der Waals surface area (Å²) in [4.78, 5) is 3.94. The lowest BCUT2D eigenvalue weighted by molar-refractivity contribution is -0.140. The summed E-state index contributed by atoms with van der Waals surface area (Å²) in [5, 5.41) is 0. The SMILES string of the molecule is CN1CCN(CCC(F)(F)F)C(CN)C1. The molecule has 3 nitrogen and oxygen atoms in total. The molecule has 1 aliphatic heterocycles. The van der Waals surface area contributed by atoms with Crippen LogP contribution in [0, 0.1) is 0 Å². The van der Waals surface area contributed by atoms with Gasteiger partial charge in [-0.25, -0.2) is 0 Å². The first-order chi connectivity index (χ1) is 6.92. The Morgan fingerprint density at radius 3 is 2.53 bits per heavy atom. The molecule has 0 radical (unpaired) electrons. The molecule has 90 valence electrons. The van der Waals surface area contributed by atoms with Crippen LogP contribution in [0.15, 0.2) is 0 Å². The first-order valence-corrected chi connectivity index (χ1v) is 5.12. The minimum atomic E-state index is -4.07. The third-order valence-electron chi connectivity index (χ3n) is 2.76. The monoisotopic (exact) mass is 225 g/mol. The largest absolute Gasteiger partial charge is 0.390 e. The predicted octanol–water partition coefficient (Wildman–Crippen LogP) is 0.514. The number of halogens is 3. The van der Waals surface area contributed by atoms with Crippen molar-refractivity contribution in [3.05, 3.63) is 0 Å². The van der Waals surface area contributed by atoms with Gasteiger partial charge in [0.2, 0.25) is 0 Å². The first kappa shape index (κ1) is 12.7. The summed E-state index contributed by atoms with van der Waals surface area (Å²) in [6, 6.07) is 0.0612. The Morgan fingerprint density at radius 2 is 2.00 bits per heavy atom. The summed E-state index contributed by atoms with van der Waals surface area (Å²) in [5.74, 6) is 0. The predicted molar refractivity (Wildman–Crippen MR) is 52.6 cm³/mol. The molecule has 1 fully saturated rings. The van der Waals surface area contributed by atoms with Gasteiger partial charge in [-0.05, 0) is 7.05 Å². The molecular weight excluding hydrogens is 207 g/mol. The van der Waals surface area contributed by atoms with Crippen LogP contribution >= 0.6 is 0 Å². The number of rotatable bonds is 3. The minimum absolute atomic E-state index is 0.0612. The van der Waals surface area contributed by atoms with Crippen LogP contribution in [0.25, 0.3) is 0 Å². The molecule has 6 heteroatoms. The van der Waals surface area contributed by atoms with E-state index in [1.807, 2.05) is 11.9 Å². The fraction of sp³-hybridized carbons (Fsp3) is 1.00. The van der Waals surface area contributed by atoms with Gasteiger partial charge in [0, 0.05) is 38.8 Å². The van der Waals surface area contributed by atoms with Gasteiger partial charge in [0.25, 0.3) is 0 Å². The van der Waals surface area contributed by atoms with Crippen molar-refractivity contribution >= 4 is 0 Å². The third-order valence-corrected chi connectivity index (χ3v) is 2.76. The zero-order chi connectivity index (χ0) is 11.5. The molecule has 0 aliphatic carbocycles. The van der Waals surface area contributed by atoms with Crippen molar-refractivity contribution in [1.82, 2.24) is 9.80 Å². The van der Waals surface area contributed by atoms with E-state index >= 15 is 0 Å². The smallest absolute Gasteiger partial charge is 0.329 e. The molecule has 2 N–H and O–H groups in total. The highest BCUT2D eigenvalue weighted by molar-refractivity contribution is 4.81. The van der Waals surface area contributed by atoms with Gasteiger partial charge in [0.15, 0.2) is 0 Å². The highest BCUT2D eigenvalue weighted by atomic mass is 19.4. The van der Waals surface area contributed by atoms with E-state index < -0.39 is 12.6 Å². The molecule has 1 rings (SSSR count). The zero-order valence-corrected chi connectivity index (χ0v) is 8.93. The molecule has 1 aliphatic rings. The summed E-state index contributed by atoms with van der Waals surface area (Å²) in [7, 11) is 1.96. The number of nitrogens with zero attached hydrogens (tertiary/aromatic N) is 2. The lowest BCUT2D eigenvalue weighted by Gasteiger charge is -2.39. The van der Waals surface area contributed by atoms with Crippen LogP contribution in [0.1, 0.15) is 6.42 Å².